The van der Waals surface area contributed by atoms with E-state index < -0.39 is 5.54 Å². The number of halogens is 1. The molecule has 0 atom stereocenters. The molecule has 1 aliphatic rings. The topological polar surface area (TPSA) is 54.0 Å². The van der Waals surface area contributed by atoms with Crippen LogP contribution in [0, 0.1) is 0 Å². The molecule has 74 valence electrons. The lowest BCUT2D eigenvalue weighted by atomic mass is 10.0. The van der Waals surface area contributed by atoms with E-state index in [4.69, 9.17) is 11.6 Å². The second kappa shape index (κ2) is 2.85. The van der Waals surface area contributed by atoms with E-state index in [1.807, 2.05) is 0 Å². The molecule has 0 aromatic carbocycles. The van der Waals surface area contributed by atoms with Crippen LogP contribution in [0.5, 0.6) is 0 Å². The molecule has 2 heterocycles. The molecule has 0 radical (unpaired) electrons. The van der Waals surface area contributed by atoms with Gasteiger partial charge in [0.25, 0.3) is 0 Å². The number of hydrogen-bond donors (Lipinski definition) is 2. The van der Waals surface area contributed by atoms with Crippen molar-refractivity contribution in [3.8, 4) is 0 Å². The van der Waals surface area contributed by atoms with Crippen molar-refractivity contribution < 1.29 is 4.79 Å². The van der Waals surface area contributed by atoms with Crippen molar-refractivity contribution in [1.82, 2.24) is 4.98 Å². The van der Waals surface area contributed by atoms with Crippen molar-refractivity contribution >= 4 is 29.0 Å². The molecule has 2 rings (SSSR count). The van der Waals surface area contributed by atoms with Crippen LogP contribution in [0.25, 0.3) is 0 Å². The van der Waals surface area contributed by atoms with Crippen molar-refractivity contribution in [2.45, 2.75) is 19.4 Å². The number of fused-ring (bicyclic) bond motifs is 1. The Morgan fingerprint density at radius 2 is 2.14 bits per heavy atom. The van der Waals surface area contributed by atoms with Gasteiger partial charge in [0.15, 0.2) is 5.82 Å². The predicted molar refractivity (Wildman–Crippen MR) is 55.6 cm³/mol. The number of aromatic nitrogens is 1. The van der Waals surface area contributed by atoms with Crippen LogP contribution in [-0.4, -0.2) is 16.4 Å². The zero-order chi connectivity index (χ0) is 10.3. The van der Waals surface area contributed by atoms with E-state index in [2.05, 4.69) is 15.6 Å². The van der Waals surface area contributed by atoms with Crippen molar-refractivity contribution in [1.29, 1.82) is 0 Å². The number of carbonyl (C=O) groups excluding carboxylic acids is 1. The third-order valence-electron chi connectivity index (χ3n) is 2.11. The molecule has 1 aliphatic heterocycles. The SMILES string of the molecule is CC1(C)Nc2nc(Cl)ccc2NC1=O. The fraction of sp³-hybridized carbons (Fsp3) is 0.333. The first-order valence-corrected chi connectivity index (χ1v) is 4.63. The van der Waals surface area contributed by atoms with Gasteiger partial charge in [0.2, 0.25) is 5.91 Å². The predicted octanol–water partition coefficient (Wildman–Crippen LogP) is 1.88. The molecule has 0 spiro atoms. The summed E-state index contributed by atoms with van der Waals surface area (Å²) in [6.45, 7) is 3.57. The lowest BCUT2D eigenvalue weighted by molar-refractivity contribution is -0.119. The molecule has 0 saturated carbocycles. The Kier molecular flexibility index (Phi) is 1.89. The molecule has 2 N–H and O–H groups in total. The van der Waals surface area contributed by atoms with E-state index in [0.717, 1.165) is 0 Å². The van der Waals surface area contributed by atoms with Gasteiger partial charge >= 0.3 is 0 Å². The molecular weight excluding hydrogens is 202 g/mol. The van der Waals surface area contributed by atoms with E-state index >= 15 is 0 Å². The molecule has 1 amide bonds. The van der Waals surface area contributed by atoms with E-state index in [1.165, 1.54) is 0 Å². The largest absolute Gasteiger partial charge is 0.355 e. The summed E-state index contributed by atoms with van der Waals surface area (Å²) in [7, 11) is 0. The van der Waals surface area contributed by atoms with Gasteiger partial charge in [-0.25, -0.2) is 4.98 Å². The first-order chi connectivity index (χ1) is 6.49. The van der Waals surface area contributed by atoms with Gasteiger partial charge in [0.05, 0.1) is 5.69 Å². The van der Waals surface area contributed by atoms with E-state index in [0.29, 0.717) is 16.7 Å². The summed E-state index contributed by atoms with van der Waals surface area (Å²) in [5.41, 5.74) is 0.0174. The average molecular weight is 212 g/mol. The standard InChI is InChI=1S/C9H10ClN3O/c1-9(2)8(14)11-5-3-4-6(10)12-7(5)13-9/h3-4H,1-2H3,(H,11,14)(H,12,13). The van der Waals surface area contributed by atoms with Crippen molar-refractivity contribution in [3.63, 3.8) is 0 Å². The number of anilines is 2. The molecule has 0 bridgehead atoms. The van der Waals surface area contributed by atoms with Gasteiger partial charge in [-0.15, -0.1) is 0 Å². The number of pyridine rings is 1. The Balaban J connectivity index is 2.46. The molecular formula is C9H10ClN3O. The molecule has 0 unspecified atom stereocenters. The Morgan fingerprint density at radius 3 is 2.86 bits per heavy atom. The van der Waals surface area contributed by atoms with Crippen LogP contribution in [0.3, 0.4) is 0 Å². The molecule has 1 aromatic rings. The third-order valence-corrected chi connectivity index (χ3v) is 2.32. The van der Waals surface area contributed by atoms with Gasteiger partial charge in [-0.1, -0.05) is 11.6 Å². The first kappa shape index (κ1) is 9.27. The van der Waals surface area contributed by atoms with Crippen LogP contribution in [0.15, 0.2) is 12.1 Å². The Hall–Kier alpha value is -1.29. The van der Waals surface area contributed by atoms with Gasteiger partial charge in [0, 0.05) is 0 Å². The lowest BCUT2D eigenvalue weighted by Gasteiger charge is -2.31. The first-order valence-electron chi connectivity index (χ1n) is 4.25. The van der Waals surface area contributed by atoms with E-state index in [-0.39, 0.29) is 5.91 Å². The second-order valence-electron chi connectivity index (χ2n) is 3.73. The van der Waals surface area contributed by atoms with Gasteiger partial charge in [-0.3, -0.25) is 4.79 Å². The Bertz CT molecular complexity index is 403. The van der Waals surface area contributed by atoms with Gasteiger partial charge < -0.3 is 10.6 Å². The number of amides is 1. The van der Waals surface area contributed by atoms with Crippen molar-refractivity contribution in [2.75, 3.05) is 10.6 Å². The number of nitrogens with zero attached hydrogens (tertiary/aromatic N) is 1. The van der Waals surface area contributed by atoms with Gasteiger partial charge in [-0.05, 0) is 26.0 Å². The molecule has 0 aliphatic carbocycles. The summed E-state index contributed by atoms with van der Waals surface area (Å²) in [5, 5.41) is 6.18. The number of nitrogens with one attached hydrogen (secondary N) is 2. The highest BCUT2D eigenvalue weighted by Gasteiger charge is 2.33. The van der Waals surface area contributed by atoms with Crippen LogP contribution in [-0.2, 0) is 4.79 Å². The average Bonchev–Trinajstić information content (AvgIpc) is 2.07. The highest BCUT2D eigenvalue weighted by molar-refractivity contribution is 6.29. The van der Waals surface area contributed by atoms with Gasteiger partial charge in [0.1, 0.15) is 10.7 Å². The van der Waals surface area contributed by atoms with Crippen LogP contribution in [0.2, 0.25) is 5.15 Å². The minimum atomic E-state index is -0.648. The van der Waals surface area contributed by atoms with Gasteiger partial charge in [-0.2, -0.15) is 0 Å². The maximum atomic E-state index is 11.5. The summed E-state index contributed by atoms with van der Waals surface area (Å²) in [5.74, 6) is 0.538. The summed E-state index contributed by atoms with van der Waals surface area (Å²) in [6, 6.07) is 3.37. The Labute approximate surface area is 86.7 Å². The van der Waals surface area contributed by atoms with E-state index in [9.17, 15) is 4.79 Å². The molecule has 0 saturated heterocycles. The van der Waals surface area contributed by atoms with Crippen LogP contribution in [0.1, 0.15) is 13.8 Å². The zero-order valence-electron chi connectivity index (χ0n) is 7.89. The van der Waals surface area contributed by atoms with Crippen LogP contribution in [0.4, 0.5) is 11.5 Å². The zero-order valence-corrected chi connectivity index (χ0v) is 8.64. The molecule has 1 aromatic heterocycles. The minimum Gasteiger partial charge on any atom is -0.355 e. The number of rotatable bonds is 0. The lowest BCUT2D eigenvalue weighted by Crippen LogP contribution is -2.47. The number of hydrogen-bond acceptors (Lipinski definition) is 3. The van der Waals surface area contributed by atoms with Crippen molar-refractivity contribution in [3.05, 3.63) is 17.3 Å². The molecule has 14 heavy (non-hydrogen) atoms. The summed E-state index contributed by atoms with van der Waals surface area (Å²) in [4.78, 5) is 15.6. The quantitative estimate of drug-likeness (QED) is 0.645. The summed E-state index contributed by atoms with van der Waals surface area (Å²) >= 11 is 5.74. The normalized spacial score (nSPS) is 18.1. The van der Waals surface area contributed by atoms with Crippen LogP contribution < -0.4 is 10.6 Å². The molecule has 4 nitrogen and oxygen atoms in total. The highest BCUT2D eigenvalue weighted by atomic mass is 35.5. The fourth-order valence-electron chi connectivity index (χ4n) is 1.26. The number of carbonyl (C=O) groups is 1. The smallest absolute Gasteiger partial charge is 0.249 e. The maximum absolute atomic E-state index is 11.5. The molecule has 5 heteroatoms. The molecule has 0 fully saturated rings. The summed E-state index contributed by atoms with van der Waals surface area (Å²) in [6.07, 6.45) is 0. The third kappa shape index (κ3) is 1.42. The Morgan fingerprint density at radius 1 is 1.43 bits per heavy atom. The van der Waals surface area contributed by atoms with Crippen molar-refractivity contribution in [2.24, 2.45) is 0 Å². The fourth-order valence-corrected chi connectivity index (χ4v) is 1.41. The second-order valence-corrected chi connectivity index (χ2v) is 4.12. The maximum Gasteiger partial charge on any atom is 0.249 e. The minimum absolute atomic E-state index is 0.0749. The van der Waals surface area contributed by atoms with E-state index in [1.54, 1.807) is 26.0 Å². The van der Waals surface area contributed by atoms with Crippen LogP contribution >= 0.6 is 11.6 Å². The summed E-state index contributed by atoms with van der Waals surface area (Å²) < 4.78 is 0. The highest BCUT2D eigenvalue weighted by Crippen LogP contribution is 2.29. The monoisotopic (exact) mass is 211 g/mol.